The second kappa shape index (κ2) is 6.49. The molecule has 1 fully saturated rings. The predicted octanol–water partition coefficient (Wildman–Crippen LogP) is -0.174. The normalized spacial score (nSPS) is 14.9. The van der Waals surface area contributed by atoms with Crippen LogP contribution in [0.15, 0.2) is 16.1 Å². The number of aromatic nitrogens is 4. The summed E-state index contributed by atoms with van der Waals surface area (Å²) >= 11 is 1.21. The third kappa shape index (κ3) is 3.00. The van der Waals surface area contributed by atoms with E-state index in [0.717, 1.165) is 25.9 Å². The summed E-state index contributed by atoms with van der Waals surface area (Å²) in [6.45, 7) is 1.81. The molecule has 0 aliphatic carbocycles. The van der Waals surface area contributed by atoms with Gasteiger partial charge in [0.15, 0.2) is 10.8 Å². The average Bonchev–Trinajstić information content (AvgIpc) is 3.16. The van der Waals surface area contributed by atoms with Gasteiger partial charge in [0.2, 0.25) is 5.91 Å². The van der Waals surface area contributed by atoms with E-state index >= 15 is 0 Å². The summed E-state index contributed by atoms with van der Waals surface area (Å²) in [7, 11) is 0. The van der Waals surface area contributed by atoms with Crippen molar-refractivity contribution >= 4 is 28.7 Å². The van der Waals surface area contributed by atoms with Crippen molar-refractivity contribution in [2.24, 2.45) is 0 Å². The maximum atomic E-state index is 12.0. The van der Waals surface area contributed by atoms with Crippen LogP contribution in [0.1, 0.15) is 12.8 Å². The summed E-state index contributed by atoms with van der Waals surface area (Å²) in [5.41, 5.74) is 0.138. The molecule has 9 heteroatoms. The number of thioether (sulfide) groups is 1. The van der Waals surface area contributed by atoms with Crippen LogP contribution in [0.25, 0.3) is 11.0 Å². The third-order valence-electron chi connectivity index (χ3n) is 3.59. The first-order valence-electron chi connectivity index (χ1n) is 7.16. The van der Waals surface area contributed by atoms with Crippen LogP contribution in [0.3, 0.4) is 0 Å². The Morgan fingerprint density at radius 1 is 1.41 bits per heavy atom. The van der Waals surface area contributed by atoms with Crippen LogP contribution in [0.4, 0.5) is 0 Å². The summed E-state index contributed by atoms with van der Waals surface area (Å²) in [4.78, 5) is 32.9. The lowest BCUT2D eigenvalue weighted by atomic mass is 10.4. The highest BCUT2D eigenvalue weighted by molar-refractivity contribution is 7.99. The molecular formula is C13H17N5O3S. The van der Waals surface area contributed by atoms with Crippen LogP contribution in [-0.4, -0.2) is 61.1 Å². The fraction of sp³-hybridized carbons (Fsp3) is 0.538. The number of rotatable bonds is 5. The van der Waals surface area contributed by atoms with Crippen LogP contribution in [0.5, 0.6) is 0 Å². The third-order valence-corrected chi connectivity index (χ3v) is 4.45. The van der Waals surface area contributed by atoms with Gasteiger partial charge in [-0.2, -0.15) is 5.10 Å². The molecule has 2 aromatic rings. The van der Waals surface area contributed by atoms with Gasteiger partial charge < -0.3 is 15.0 Å². The van der Waals surface area contributed by atoms with Crippen molar-refractivity contribution in [3.63, 3.8) is 0 Å². The maximum absolute atomic E-state index is 12.0. The number of nitrogens with one attached hydrogen (secondary N) is 1. The smallest absolute Gasteiger partial charge is 0.262 e. The highest BCUT2D eigenvalue weighted by Gasteiger charge is 2.18. The Hall–Kier alpha value is -1.87. The number of carbonyl (C=O) groups is 1. The lowest BCUT2D eigenvalue weighted by Crippen LogP contribution is -2.29. The fourth-order valence-electron chi connectivity index (χ4n) is 2.46. The summed E-state index contributed by atoms with van der Waals surface area (Å²) in [6, 6.07) is 0. The van der Waals surface area contributed by atoms with Gasteiger partial charge in [0, 0.05) is 13.1 Å². The molecule has 3 heterocycles. The van der Waals surface area contributed by atoms with Crippen molar-refractivity contribution in [3.05, 3.63) is 16.6 Å². The summed E-state index contributed by atoms with van der Waals surface area (Å²) in [6.07, 6.45) is 3.54. The SMILES string of the molecule is O=C(CSc1nc2c(cnn2CCO)c(=O)[nH]1)N1CCCC1. The molecule has 118 valence electrons. The Kier molecular flexibility index (Phi) is 4.44. The Labute approximate surface area is 130 Å². The Bertz CT molecular complexity index is 735. The molecule has 0 radical (unpaired) electrons. The molecule has 0 spiro atoms. The van der Waals surface area contributed by atoms with Gasteiger partial charge in [-0.1, -0.05) is 11.8 Å². The monoisotopic (exact) mass is 323 g/mol. The van der Waals surface area contributed by atoms with E-state index in [0.29, 0.717) is 16.2 Å². The van der Waals surface area contributed by atoms with Gasteiger partial charge in [-0.3, -0.25) is 9.59 Å². The molecule has 1 saturated heterocycles. The van der Waals surface area contributed by atoms with Crippen molar-refractivity contribution in [1.29, 1.82) is 0 Å². The van der Waals surface area contributed by atoms with Crippen molar-refractivity contribution in [2.45, 2.75) is 24.5 Å². The topological polar surface area (TPSA) is 104 Å². The second-order valence-electron chi connectivity index (χ2n) is 5.08. The molecule has 1 aliphatic rings. The molecule has 0 unspecified atom stereocenters. The van der Waals surface area contributed by atoms with Gasteiger partial charge in [-0.15, -0.1) is 0 Å². The zero-order valence-corrected chi connectivity index (χ0v) is 12.8. The lowest BCUT2D eigenvalue weighted by Gasteiger charge is -2.14. The van der Waals surface area contributed by atoms with Gasteiger partial charge in [0.05, 0.1) is 25.1 Å². The summed E-state index contributed by atoms with van der Waals surface area (Å²) in [5, 5.41) is 13.8. The molecule has 2 aromatic heterocycles. The lowest BCUT2D eigenvalue weighted by molar-refractivity contribution is -0.127. The first-order valence-corrected chi connectivity index (χ1v) is 8.15. The molecule has 8 nitrogen and oxygen atoms in total. The number of amides is 1. The summed E-state index contributed by atoms with van der Waals surface area (Å²) < 4.78 is 1.48. The van der Waals surface area contributed by atoms with Crippen LogP contribution in [-0.2, 0) is 11.3 Å². The number of aliphatic hydroxyl groups is 1. The van der Waals surface area contributed by atoms with Crippen LogP contribution < -0.4 is 5.56 Å². The number of fused-ring (bicyclic) bond motifs is 1. The maximum Gasteiger partial charge on any atom is 0.262 e. The van der Waals surface area contributed by atoms with E-state index in [2.05, 4.69) is 15.1 Å². The van der Waals surface area contributed by atoms with Gasteiger partial charge in [0.25, 0.3) is 5.56 Å². The van der Waals surface area contributed by atoms with E-state index in [1.807, 2.05) is 4.90 Å². The van der Waals surface area contributed by atoms with Gasteiger partial charge in [0.1, 0.15) is 5.39 Å². The minimum Gasteiger partial charge on any atom is -0.394 e. The van der Waals surface area contributed by atoms with Crippen LogP contribution in [0, 0.1) is 0 Å². The predicted molar refractivity (Wildman–Crippen MR) is 81.8 cm³/mol. The number of aliphatic hydroxyl groups excluding tert-OH is 1. The van der Waals surface area contributed by atoms with Crippen LogP contribution in [0.2, 0.25) is 0 Å². The van der Waals surface area contributed by atoms with Crippen molar-refractivity contribution in [3.8, 4) is 0 Å². The largest absolute Gasteiger partial charge is 0.394 e. The van der Waals surface area contributed by atoms with E-state index < -0.39 is 0 Å². The van der Waals surface area contributed by atoms with E-state index in [4.69, 9.17) is 5.11 Å². The van der Waals surface area contributed by atoms with E-state index in [9.17, 15) is 9.59 Å². The quantitative estimate of drug-likeness (QED) is 0.585. The number of hydrogen-bond acceptors (Lipinski definition) is 6. The molecule has 0 aromatic carbocycles. The van der Waals surface area contributed by atoms with Crippen molar-refractivity contribution in [2.75, 3.05) is 25.4 Å². The first-order chi connectivity index (χ1) is 10.7. The fourth-order valence-corrected chi connectivity index (χ4v) is 3.22. The average molecular weight is 323 g/mol. The van der Waals surface area contributed by atoms with Gasteiger partial charge in [-0.25, -0.2) is 9.67 Å². The number of H-pyrrole nitrogens is 1. The zero-order valence-electron chi connectivity index (χ0n) is 12.0. The molecule has 0 saturated carbocycles. The molecule has 1 amide bonds. The molecule has 2 N–H and O–H groups in total. The van der Waals surface area contributed by atoms with Gasteiger partial charge in [-0.05, 0) is 12.8 Å². The number of hydrogen-bond donors (Lipinski definition) is 2. The molecule has 1 aliphatic heterocycles. The number of carbonyl (C=O) groups excluding carboxylic acids is 1. The number of likely N-dealkylation sites (tertiary alicyclic amines) is 1. The van der Waals surface area contributed by atoms with E-state index in [1.165, 1.54) is 22.6 Å². The molecule has 0 bridgehead atoms. The highest BCUT2D eigenvalue weighted by atomic mass is 32.2. The zero-order chi connectivity index (χ0) is 15.5. The Morgan fingerprint density at radius 2 is 2.18 bits per heavy atom. The number of aromatic amines is 1. The molecular weight excluding hydrogens is 306 g/mol. The summed E-state index contributed by atoms with van der Waals surface area (Å²) in [5.74, 6) is 0.317. The number of nitrogens with zero attached hydrogens (tertiary/aromatic N) is 4. The van der Waals surface area contributed by atoms with E-state index in [-0.39, 0.29) is 30.4 Å². The van der Waals surface area contributed by atoms with Gasteiger partial charge >= 0.3 is 0 Å². The standard InChI is InChI=1S/C13H17N5O3S/c19-6-5-18-11-9(7-14-18)12(21)16-13(15-11)22-8-10(20)17-3-1-2-4-17/h7,19H,1-6,8H2,(H,15,16,21). The highest BCUT2D eigenvalue weighted by Crippen LogP contribution is 2.17. The molecule has 22 heavy (non-hydrogen) atoms. The second-order valence-corrected chi connectivity index (χ2v) is 6.04. The minimum atomic E-state index is -0.287. The van der Waals surface area contributed by atoms with Crippen molar-refractivity contribution < 1.29 is 9.90 Å². The Balaban J connectivity index is 1.77. The molecule has 0 atom stereocenters. The van der Waals surface area contributed by atoms with Crippen LogP contribution >= 0.6 is 11.8 Å². The Morgan fingerprint density at radius 3 is 2.91 bits per heavy atom. The minimum absolute atomic E-state index is 0.0640. The first kappa shape index (κ1) is 15.0. The van der Waals surface area contributed by atoms with Crippen molar-refractivity contribution in [1.82, 2.24) is 24.6 Å². The molecule has 3 rings (SSSR count). The van der Waals surface area contributed by atoms with E-state index in [1.54, 1.807) is 0 Å².